The van der Waals surface area contributed by atoms with Crippen LogP contribution in [0.3, 0.4) is 0 Å². The average Bonchev–Trinajstić information content (AvgIpc) is 2.73. The molecule has 0 bridgehead atoms. The molecule has 1 aliphatic carbocycles. The second-order valence-corrected chi connectivity index (χ2v) is 12.3. The molecule has 4 rings (SSSR count). The minimum atomic E-state index is -4.39. The normalized spacial score (nSPS) is 18.5. The van der Waals surface area contributed by atoms with Crippen LogP contribution in [0.25, 0.3) is 0 Å². The SMILES string of the molecule is CC(C)(C)c1ccc(Sc2cc(S(=O)(=O)O)ccc2N2C(N)=NC(N)=NC23CCCCC3)cc1. The molecule has 0 atom stereocenters. The number of guanidine groups is 2. The van der Waals surface area contributed by atoms with Crippen LogP contribution in [0.2, 0.25) is 0 Å². The fraction of sp³-hybridized carbons (Fsp3) is 0.417. The van der Waals surface area contributed by atoms with Gasteiger partial charge in [0.05, 0.1) is 10.6 Å². The topological polar surface area (TPSA) is 134 Å². The van der Waals surface area contributed by atoms with Crippen molar-refractivity contribution < 1.29 is 13.0 Å². The number of benzene rings is 2. The van der Waals surface area contributed by atoms with E-state index < -0.39 is 15.8 Å². The molecule has 0 radical (unpaired) electrons. The van der Waals surface area contributed by atoms with E-state index in [1.165, 1.54) is 29.5 Å². The van der Waals surface area contributed by atoms with Crippen LogP contribution in [0, 0.1) is 0 Å². The van der Waals surface area contributed by atoms with Crippen molar-refractivity contribution in [1.82, 2.24) is 0 Å². The highest BCUT2D eigenvalue weighted by Gasteiger charge is 2.43. The van der Waals surface area contributed by atoms with Crippen molar-refractivity contribution >= 4 is 39.5 Å². The van der Waals surface area contributed by atoms with Crippen molar-refractivity contribution in [2.45, 2.75) is 78.6 Å². The molecule has 1 spiro atoms. The molecule has 0 unspecified atom stereocenters. The Morgan fingerprint density at radius 3 is 2.26 bits per heavy atom. The van der Waals surface area contributed by atoms with Crippen LogP contribution in [0.5, 0.6) is 0 Å². The Morgan fingerprint density at radius 1 is 1.03 bits per heavy atom. The average molecular weight is 502 g/mol. The van der Waals surface area contributed by atoms with Crippen molar-refractivity contribution in [2.24, 2.45) is 21.5 Å². The predicted molar refractivity (Wildman–Crippen MR) is 137 cm³/mol. The molecule has 8 nitrogen and oxygen atoms in total. The number of anilines is 1. The lowest BCUT2D eigenvalue weighted by molar-refractivity contribution is 0.305. The van der Waals surface area contributed by atoms with Crippen LogP contribution in [0.4, 0.5) is 5.69 Å². The van der Waals surface area contributed by atoms with Crippen LogP contribution in [0.15, 0.2) is 67.1 Å². The summed E-state index contributed by atoms with van der Waals surface area (Å²) in [5.74, 6) is 0.371. The monoisotopic (exact) mass is 501 g/mol. The van der Waals surface area contributed by atoms with Crippen molar-refractivity contribution in [3.63, 3.8) is 0 Å². The lowest BCUT2D eigenvalue weighted by Crippen LogP contribution is -2.58. The molecule has 1 saturated carbocycles. The van der Waals surface area contributed by atoms with E-state index in [4.69, 9.17) is 16.5 Å². The van der Waals surface area contributed by atoms with Gasteiger partial charge >= 0.3 is 0 Å². The summed E-state index contributed by atoms with van der Waals surface area (Å²) in [5, 5.41) is 0. The zero-order valence-corrected chi connectivity index (χ0v) is 21.3. The first-order chi connectivity index (χ1) is 15.9. The van der Waals surface area contributed by atoms with Crippen molar-refractivity contribution in [3.05, 3.63) is 48.0 Å². The standard InChI is InChI=1S/C24H31N5O3S2/c1-23(2,3)16-7-9-17(10-8-16)33-20-15-18(34(30,31)32)11-12-19(20)29-22(26)27-21(25)28-24(29)13-5-4-6-14-24/h7-12,15H,4-6,13-14H2,1-3H3,(H,30,31,32)(H4,25,26,27,28). The van der Waals surface area contributed by atoms with Crippen LogP contribution < -0.4 is 16.4 Å². The quantitative estimate of drug-likeness (QED) is 0.525. The highest BCUT2D eigenvalue weighted by Crippen LogP contribution is 2.45. The summed E-state index contributed by atoms with van der Waals surface area (Å²) in [5.41, 5.74) is 13.6. The van der Waals surface area contributed by atoms with Gasteiger partial charge in [0.25, 0.3) is 10.1 Å². The number of rotatable bonds is 4. The van der Waals surface area contributed by atoms with Crippen molar-refractivity contribution in [3.8, 4) is 0 Å². The van der Waals surface area contributed by atoms with Gasteiger partial charge in [-0.25, -0.2) is 4.99 Å². The smallest absolute Gasteiger partial charge is 0.294 e. The molecule has 1 heterocycles. The van der Waals surface area contributed by atoms with E-state index in [-0.39, 0.29) is 22.2 Å². The van der Waals surface area contributed by atoms with Crippen molar-refractivity contribution in [1.29, 1.82) is 0 Å². The molecule has 2 aromatic rings. The summed E-state index contributed by atoms with van der Waals surface area (Å²) in [6.45, 7) is 6.45. The van der Waals surface area contributed by atoms with Crippen LogP contribution >= 0.6 is 11.8 Å². The third-order valence-electron chi connectivity index (χ3n) is 6.27. The van der Waals surface area contributed by atoms with E-state index >= 15 is 0 Å². The Bertz CT molecular complexity index is 1240. The van der Waals surface area contributed by atoms with Crippen molar-refractivity contribution in [2.75, 3.05) is 4.90 Å². The van der Waals surface area contributed by atoms with E-state index in [1.807, 2.05) is 17.0 Å². The molecule has 2 aliphatic rings. The second-order valence-electron chi connectivity index (χ2n) is 9.80. The summed E-state index contributed by atoms with van der Waals surface area (Å²) in [4.78, 5) is 12.2. The van der Waals surface area contributed by atoms with E-state index in [2.05, 4.69) is 37.9 Å². The summed E-state index contributed by atoms with van der Waals surface area (Å²) in [6, 6.07) is 12.7. The zero-order chi connectivity index (χ0) is 24.7. The second kappa shape index (κ2) is 8.90. The number of nitrogens with zero attached hydrogens (tertiary/aromatic N) is 3. The van der Waals surface area contributed by atoms with E-state index in [0.717, 1.165) is 37.0 Å². The highest BCUT2D eigenvalue weighted by molar-refractivity contribution is 7.99. The first kappa shape index (κ1) is 24.6. The molecule has 0 aromatic heterocycles. The Balaban J connectivity index is 1.82. The van der Waals surface area contributed by atoms with Gasteiger partial charge in [-0.15, -0.1) is 0 Å². The van der Waals surface area contributed by atoms with Crippen LogP contribution in [-0.4, -0.2) is 30.6 Å². The van der Waals surface area contributed by atoms with Crippen LogP contribution in [0.1, 0.15) is 58.4 Å². The molecule has 0 amide bonds. The maximum absolute atomic E-state index is 11.9. The molecule has 1 fully saturated rings. The molecule has 0 saturated heterocycles. The highest BCUT2D eigenvalue weighted by atomic mass is 32.2. The van der Waals surface area contributed by atoms with Gasteiger partial charge in [0.2, 0.25) is 11.9 Å². The first-order valence-electron chi connectivity index (χ1n) is 11.3. The third-order valence-corrected chi connectivity index (χ3v) is 8.17. The van der Waals surface area contributed by atoms with Gasteiger partial charge in [0.1, 0.15) is 5.66 Å². The fourth-order valence-corrected chi connectivity index (χ4v) is 6.10. The van der Waals surface area contributed by atoms with Gasteiger partial charge < -0.3 is 11.5 Å². The molecule has 182 valence electrons. The first-order valence-corrected chi connectivity index (χ1v) is 13.5. The Labute approximate surface area is 205 Å². The predicted octanol–water partition coefficient (Wildman–Crippen LogP) is 4.49. The number of hydrogen-bond donors (Lipinski definition) is 3. The van der Waals surface area contributed by atoms with Gasteiger partial charge in [0.15, 0.2) is 0 Å². The Kier molecular flexibility index (Phi) is 6.43. The van der Waals surface area contributed by atoms with Gasteiger partial charge in [-0.05, 0) is 67.0 Å². The maximum atomic E-state index is 11.9. The fourth-order valence-electron chi connectivity index (χ4n) is 4.54. The molecule has 34 heavy (non-hydrogen) atoms. The molecule has 1 aliphatic heterocycles. The molecule has 2 aromatic carbocycles. The van der Waals surface area contributed by atoms with E-state index in [0.29, 0.717) is 10.6 Å². The minimum Gasteiger partial charge on any atom is -0.369 e. The summed E-state index contributed by atoms with van der Waals surface area (Å²) < 4.78 is 33.6. The number of nitrogens with two attached hydrogens (primary N) is 2. The van der Waals surface area contributed by atoms with Gasteiger partial charge in [-0.1, -0.05) is 51.1 Å². The largest absolute Gasteiger partial charge is 0.369 e. The number of aliphatic imine (C=N–C) groups is 2. The summed E-state index contributed by atoms with van der Waals surface area (Å²) >= 11 is 1.40. The Hall–Kier alpha value is -2.56. The number of hydrogen-bond acceptors (Lipinski definition) is 8. The van der Waals surface area contributed by atoms with Gasteiger partial charge in [-0.3, -0.25) is 9.45 Å². The summed E-state index contributed by atoms with van der Waals surface area (Å²) in [6.07, 6.45) is 4.56. The molecule has 10 heteroatoms. The molecule has 5 N–H and O–H groups in total. The minimum absolute atomic E-state index is 0.0171. The maximum Gasteiger partial charge on any atom is 0.294 e. The molecular weight excluding hydrogens is 470 g/mol. The van der Waals surface area contributed by atoms with E-state index in [9.17, 15) is 13.0 Å². The van der Waals surface area contributed by atoms with E-state index in [1.54, 1.807) is 6.07 Å². The van der Waals surface area contributed by atoms with Crippen LogP contribution in [-0.2, 0) is 15.5 Å². The lowest BCUT2D eigenvalue weighted by Gasteiger charge is -2.46. The van der Waals surface area contributed by atoms with Gasteiger partial charge in [0, 0.05) is 9.79 Å². The lowest BCUT2D eigenvalue weighted by atomic mass is 9.87. The molecular formula is C24H31N5O3S2. The zero-order valence-electron chi connectivity index (χ0n) is 19.7. The summed E-state index contributed by atoms with van der Waals surface area (Å²) in [7, 11) is -4.39. The van der Waals surface area contributed by atoms with Gasteiger partial charge in [-0.2, -0.15) is 13.4 Å². The Morgan fingerprint density at radius 2 is 1.68 bits per heavy atom. The third kappa shape index (κ3) is 4.94.